The monoisotopic (exact) mass is 534 g/mol. The summed E-state index contributed by atoms with van der Waals surface area (Å²) in [6, 6.07) is 0. The van der Waals surface area contributed by atoms with Crippen LogP contribution in [0.25, 0.3) is 0 Å². The Morgan fingerprint density at radius 2 is 1.03 bits per heavy atom. The van der Waals surface area contributed by atoms with Gasteiger partial charge in [0.2, 0.25) is 0 Å². The number of fused-ring (bicyclic) bond motifs is 1. The van der Waals surface area contributed by atoms with E-state index in [1.165, 1.54) is 23.5 Å². The molecule has 36 heavy (non-hydrogen) atoms. The van der Waals surface area contributed by atoms with Crippen LogP contribution < -0.4 is 9.47 Å². The highest BCUT2D eigenvalue weighted by atomic mass is 32.2. The Labute approximate surface area is 225 Å². The Bertz CT molecular complexity index is 917. The molecule has 2 aliphatic rings. The third-order valence-corrected chi connectivity index (χ3v) is 9.18. The van der Waals surface area contributed by atoms with Crippen molar-refractivity contribution in [1.82, 2.24) is 10.0 Å². The normalized spacial score (nSPS) is 15.4. The summed E-state index contributed by atoms with van der Waals surface area (Å²) in [6.45, 7) is 15.1. The summed E-state index contributed by atoms with van der Waals surface area (Å²) in [6.07, 6.45) is 7.74. The summed E-state index contributed by atoms with van der Waals surface area (Å²) in [5.74, 6) is 1.36. The predicted octanol–water partition coefficient (Wildman–Crippen LogP) is 7.26. The molecule has 1 aromatic carbocycles. The molecule has 1 fully saturated rings. The second-order valence-electron chi connectivity index (χ2n) is 9.40. The Hall–Kier alpha value is -1.80. The summed E-state index contributed by atoms with van der Waals surface area (Å²) in [5.41, 5.74) is 2.42. The molecule has 2 amide bonds. The fourth-order valence-electron chi connectivity index (χ4n) is 4.17. The highest BCUT2D eigenvalue weighted by Gasteiger charge is 2.44. The van der Waals surface area contributed by atoms with Crippen LogP contribution in [0.1, 0.15) is 90.2 Å². The number of amides is 2. The van der Waals surface area contributed by atoms with Crippen LogP contribution in [0.5, 0.6) is 11.5 Å². The van der Waals surface area contributed by atoms with E-state index in [0.29, 0.717) is 31.9 Å². The first-order valence-corrected chi connectivity index (χ1v) is 15.2. The lowest BCUT2D eigenvalue weighted by molar-refractivity contribution is -0.147. The maximum Gasteiger partial charge on any atom is 0.279 e. The van der Waals surface area contributed by atoms with Crippen molar-refractivity contribution in [3.05, 3.63) is 20.9 Å². The Balaban J connectivity index is 2.04. The van der Waals surface area contributed by atoms with E-state index in [2.05, 4.69) is 41.5 Å². The maximum absolute atomic E-state index is 13.6. The first-order chi connectivity index (χ1) is 17.4. The lowest BCUT2D eigenvalue weighted by Crippen LogP contribution is -2.42. The molecule has 1 aromatic rings. The van der Waals surface area contributed by atoms with E-state index in [4.69, 9.17) is 9.47 Å². The average Bonchev–Trinajstić information content (AvgIpc) is 3.39. The largest absolute Gasteiger partial charge is 0.492 e. The summed E-state index contributed by atoms with van der Waals surface area (Å²) < 4.78 is 13.3. The number of hydrogen-bond acceptors (Lipinski definition) is 6. The van der Waals surface area contributed by atoms with Crippen LogP contribution in [0.15, 0.2) is 19.6 Å². The SMILES string of the molecule is CCCCOc1c(C)c(C)c(OCCCC)c2c1SC(=C1C(=O)N(CCCC)N(CCCC)C1=O)S2. The number of carbonyl (C=O) groups excluding carboxylic acids is 2. The summed E-state index contributed by atoms with van der Waals surface area (Å²) in [5, 5.41) is 3.34. The molecule has 0 N–H and O–H groups in total. The third-order valence-electron chi connectivity index (χ3n) is 6.58. The standard InChI is InChI=1S/C28H42N2O4S2/c1-7-11-15-29-26(31)21(27(32)30(29)16-12-8-2)28-35-24-22(33-17-13-9-3)19(5)20(6)23(25(24)36-28)34-18-14-10-4/h7-18H2,1-6H3. The van der Waals surface area contributed by atoms with Crippen LogP contribution in [0.4, 0.5) is 0 Å². The third kappa shape index (κ3) is 6.01. The Morgan fingerprint density at radius 3 is 1.39 bits per heavy atom. The van der Waals surface area contributed by atoms with Gasteiger partial charge in [-0.2, -0.15) is 0 Å². The fourth-order valence-corrected chi connectivity index (χ4v) is 6.99. The molecule has 0 radical (unpaired) electrons. The summed E-state index contributed by atoms with van der Waals surface area (Å²) in [7, 11) is 0. The number of hydrogen-bond donors (Lipinski definition) is 0. The van der Waals surface area contributed by atoms with Gasteiger partial charge in [-0.15, -0.1) is 0 Å². The topological polar surface area (TPSA) is 59.1 Å². The molecule has 0 bridgehead atoms. The zero-order valence-electron chi connectivity index (χ0n) is 22.8. The number of unbranched alkanes of at least 4 members (excludes halogenated alkanes) is 4. The lowest BCUT2D eigenvalue weighted by Gasteiger charge is -2.27. The molecule has 0 aromatic heterocycles. The molecule has 2 aliphatic heterocycles. The molecule has 1 saturated heterocycles. The van der Waals surface area contributed by atoms with Gasteiger partial charge in [0, 0.05) is 13.1 Å². The molecular formula is C28H42N2O4S2. The smallest absolute Gasteiger partial charge is 0.279 e. The van der Waals surface area contributed by atoms with Gasteiger partial charge in [-0.25, -0.2) is 10.0 Å². The van der Waals surface area contributed by atoms with Crippen molar-refractivity contribution in [1.29, 1.82) is 0 Å². The minimum Gasteiger partial charge on any atom is -0.492 e. The molecule has 6 nitrogen and oxygen atoms in total. The first-order valence-electron chi connectivity index (χ1n) is 13.6. The van der Waals surface area contributed by atoms with Gasteiger partial charge in [-0.3, -0.25) is 9.59 Å². The molecule has 2 heterocycles. The van der Waals surface area contributed by atoms with Crippen LogP contribution in [-0.2, 0) is 9.59 Å². The van der Waals surface area contributed by atoms with E-state index in [0.717, 1.165) is 88.0 Å². The Morgan fingerprint density at radius 1 is 0.639 bits per heavy atom. The second-order valence-corrected chi connectivity index (χ2v) is 11.7. The minimum atomic E-state index is -0.178. The zero-order valence-corrected chi connectivity index (χ0v) is 24.5. The molecule has 3 rings (SSSR count). The Kier molecular flexibility index (Phi) is 10.9. The summed E-state index contributed by atoms with van der Waals surface area (Å²) in [4.78, 5) is 29.1. The quantitative estimate of drug-likeness (QED) is 0.142. The van der Waals surface area contributed by atoms with Gasteiger partial charge in [0.15, 0.2) is 0 Å². The van der Waals surface area contributed by atoms with Crippen molar-refractivity contribution in [3.8, 4) is 11.5 Å². The van der Waals surface area contributed by atoms with Gasteiger partial charge >= 0.3 is 0 Å². The van der Waals surface area contributed by atoms with E-state index in [1.807, 2.05) is 0 Å². The van der Waals surface area contributed by atoms with E-state index < -0.39 is 0 Å². The van der Waals surface area contributed by atoms with Gasteiger partial charge in [-0.1, -0.05) is 76.9 Å². The van der Waals surface area contributed by atoms with Gasteiger partial charge in [0.1, 0.15) is 17.1 Å². The van der Waals surface area contributed by atoms with Gasteiger partial charge < -0.3 is 9.47 Å². The van der Waals surface area contributed by atoms with Gasteiger partial charge in [0.05, 0.1) is 27.2 Å². The van der Waals surface area contributed by atoms with Crippen LogP contribution >= 0.6 is 23.5 Å². The highest BCUT2D eigenvalue weighted by molar-refractivity contribution is 8.25. The van der Waals surface area contributed by atoms with E-state index in [1.54, 1.807) is 10.0 Å². The number of nitrogens with zero attached hydrogens (tertiary/aromatic N) is 2. The number of thioether (sulfide) groups is 2. The molecule has 200 valence electrons. The van der Waals surface area contributed by atoms with Crippen molar-refractivity contribution < 1.29 is 19.1 Å². The molecule has 0 unspecified atom stereocenters. The predicted molar refractivity (Wildman–Crippen MR) is 149 cm³/mol. The number of benzene rings is 1. The number of carbonyl (C=O) groups is 2. The molecular weight excluding hydrogens is 492 g/mol. The van der Waals surface area contributed by atoms with Crippen molar-refractivity contribution >= 4 is 35.3 Å². The number of ether oxygens (including phenoxy) is 2. The van der Waals surface area contributed by atoms with E-state index >= 15 is 0 Å². The van der Waals surface area contributed by atoms with Crippen molar-refractivity contribution in [3.63, 3.8) is 0 Å². The van der Waals surface area contributed by atoms with Crippen molar-refractivity contribution in [2.45, 2.75) is 103 Å². The van der Waals surface area contributed by atoms with Crippen molar-refractivity contribution in [2.24, 2.45) is 0 Å². The highest BCUT2D eigenvalue weighted by Crippen LogP contribution is 2.61. The molecule has 0 saturated carbocycles. The number of rotatable bonds is 14. The van der Waals surface area contributed by atoms with Crippen LogP contribution in [0, 0.1) is 13.8 Å². The zero-order chi connectivity index (χ0) is 26.2. The van der Waals surface area contributed by atoms with Crippen LogP contribution in [-0.4, -0.2) is 48.1 Å². The van der Waals surface area contributed by atoms with Gasteiger partial charge in [0.25, 0.3) is 11.8 Å². The number of hydrazine groups is 1. The molecule has 0 aliphatic carbocycles. The summed E-state index contributed by atoms with van der Waals surface area (Å²) >= 11 is 2.99. The van der Waals surface area contributed by atoms with E-state index in [9.17, 15) is 9.59 Å². The lowest BCUT2D eigenvalue weighted by atomic mass is 10.1. The first kappa shape index (κ1) is 28.8. The maximum atomic E-state index is 13.6. The fraction of sp³-hybridized carbons (Fsp3) is 0.643. The van der Waals surface area contributed by atoms with Crippen LogP contribution in [0.3, 0.4) is 0 Å². The molecule has 0 spiro atoms. The molecule has 0 atom stereocenters. The van der Waals surface area contributed by atoms with E-state index in [-0.39, 0.29) is 11.8 Å². The molecule has 8 heteroatoms. The van der Waals surface area contributed by atoms with Crippen LogP contribution in [0.2, 0.25) is 0 Å². The average molecular weight is 535 g/mol. The van der Waals surface area contributed by atoms with Crippen molar-refractivity contribution in [2.75, 3.05) is 26.3 Å². The van der Waals surface area contributed by atoms with Gasteiger partial charge in [-0.05, 0) is 50.7 Å². The minimum absolute atomic E-state index is 0.178. The second kappa shape index (κ2) is 13.7.